The average molecular weight is 315 g/mol. The van der Waals surface area contributed by atoms with Gasteiger partial charge in [-0.15, -0.1) is 0 Å². The first-order valence-electron chi connectivity index (χ1n) is 6.74. The summed E-state index contributed by atoms with van der Waals surface area (Å²) in [4.78, 5) is 0.0622. The van der Waals surface area contributed by atoms with E-state index >= 15 is 0 Å². The van der Waals surface area contributed by atoms with Gasteiger partial charge in [-0.25, -0.2) is 12.4 Å². The molecule has 5 heteroatoms. The van der Waals surface area contributed by atoms with Gasteiger partial charge >= 0.3 is 0 Å². The third-order valence-corrected chi connectivity index (χ3v) is 5.09. The molecule has 0 bridgehead atoms. The summed E-state index contributed by atoms with van der Waals surface area (Å²) < 4.78 is 39.9. The topological polar surface area (TPSA) is 39.1 Å². The van der Waals surface area contributed by atoms with Crippen molar-refractivity contribution in [2.24, 2.45) is 0 Å². The monoisotopic (exact) mass is 315 g/mol. The maximum atomic E-state index is 14.1. The number of rotatable bonds is 3. The van der Waals surface area contributed by atoms with Crippen LogP contribution < -0.4 is 0 Å². The summed E-state index contributed by atoms with van der Waals surface area (Å²) >= 11 is 0. The van der Waals surface area contributed by atoms with Gasteiger partial charge in [0.15, 0.2) is 0 Å². The molecule has 3 rings (SSSR count). The normalized spacial score (nSPS) is 11.5. The molecule has 2 aromatic carbocycles. The highest BCUT2D eigenvalue weighted by atomic mass is 32.2. The van der Waals surface area contributed by atoms with Crippen molar-refractivity contribution in [3.8, 4) is 11.1 Å². The quantitative estimate of drug-likeness (QED) is 0.736. The van der Waals surface area contributed by atoms with Crippen LogP contribution in [0.5, 0.6) is 0 Å². The molecule has 0 aliphatic rings. The van der Waals surface area contributed by atoms with E-state index in [0.717, 1.165) is 11.1 Å². The maximum Gasteiger partial charge on any atom is 0.269 e. The van der Waals surface area contributed by atoms with Gasteiger partial charge in [0.2, 0.25) is 5.95 Å². The van der Waals surface area contributed by atoms with Crippen molar-refractivity contribution in [2.45, 2.75) is 11.8 Å². The van der Waals surface area contributed by atoms with Gasteiger partial charge < -0.3 is 0 Å². The summed E-state index contributed by atoms with van der Waals surface area (Å²) in [6.07, 6.45) is 1.31. The molecule has 22 heavy (non-hydrogen) atoms. The molecule has 0 spiro atoms. The first-order valence-corrected chi connectivity index (χ1v) is 8.18. The van der Waals surface area contributed by atoms with E-state index in [2.05, 4.69) is 0 Å². The van der Waals surface area contributed by atoms with Crippen molar-refractivity contribution in [1.82, 2.24) is 3.97 Å². The predicted molar refractivity (Wildman–Crippen MR) is 83.6 cm³/mol. The minimum Gasteiger partial charge on any atom is -0.216 e. The number of halogens is 1. The van der Waals surface area contributed by atoms with E-state index in [9.17, 15) is 12.8 Å². The molecule has 0 unspecified atom stereocenters. The Morgan fingerprint density at radius 2 is 1.55 bits per heavy atom. The van der Waals surface area contributed by atoms with Crippen molar-refractivity contribution in [2.75, 3.05) is 0 Å². The molecule has 0 fully saturated rings. The van der Waals surface area contributed by atoms with Crippen molar-refractivity contribution < 1.29 is 12.8 Å². The lowest BCUT2D eigenvalue weighted by Crippen LogP contribution is -2.13. The lowest BCUT2D eigenvalue weighted by Gasteiger charge is -2.06. The molecule has 0 atom stereocenters. The molecule has 0 aliphatic heterocycles. The Hall–Kier alpha value is -2.40. The van der Waals surface area contributed by atoms with Crippen LogP contribution in [0.4, 0.5) is 4.39 Å². The highest BCUT2D eigenvalue weighted by molar-refractivity contribution is 7.90. The van der Waals surface area contributed by atoms with Crippen LogP contribution in [0.1, 0.15) is 5.56 Å². The van der Waals surface area contributed by atoms with Gasteiger partial charge in [0.1, 0.15) is 0 Å². The van der Waals surface area contributed by atoms with Crippen LogP contribution in [0.3, 0.4) is 0 Å². The zero-order valence-corrected chi connectivity index (χ0v) is 12.7. The molecule has 0 amide bonds. The smallest absolute Gasteiger partial charge is 0.216 e. The van der Waals surface area contributed by atoms with Crippen LogP contribution in [0.25, 0.3) is 11.1 Å². The molecular formula is C17H14FNO2S. The molecular weight excluding hydrogens is 301 g/mol. The van der Waals surface area contributed by atoms with Crippen LogP contribution in [-0.2, 0) is 10.0 Å². The number of hydrogen-bond acceptors (Lipinski definition) is 2. The SMILES string of the molecule is Cc1ccc(S(=O)(=O)n2cc(-c3ccccc3)cc2F)cc1. The number of aromatic nitrogens is 1. The highest BCUT2D eigenvalue weighted by Gasteiger charge is 2.21. The van der Waals surface area contributed by atoms with Crippen LogP contribution in [0.2, 0.25) is 0 Å². The average Bonchev–Trinajstić information content (AvgIpc) is 2.91. The van der Waals surface area contributed by atoms with Crippen molar-refractivity contribution in [3.63, 3.8) is 0 Å². The second kappa shape index (κ2) is 5.42. The first-order chi connectivity index (χ1) is 10.5. The largest absolute Gasteiger partial charge is 0.269 e. The summed E-state index contributed by atoms with van der Waals surface area (Å²) in [6, 6.07) is 16.6. The van der Waals surface area contributed by atoms with E-state index in [0.29, 0.717) is 9.54 Å². The maximum absolute atomic E-state index is 14.1. The zero-order chi connectivity index (χ0) is 15.7. The highest BCUT2D eigenvalue weighted by Crippen LogP contribution is 2.25. The van der Waals surface area contributed by atoms with Crippen molar-refractivity contribution in [1.29, 1.82) is 0 Å². The van der Waals surface area contributed by atoms with Crippen LogP contribution in [0, 0.1) is 12.9 Å². The fourth-order valence-corrected chi connectivity index (χ4v) is 3.46. The fraction of sp³-hybridized carbons (Fsp3) is 0.0588. The van der Waals surface area contributed by atoms with Gasteiger partial charge in [-0.1, -0.05) is 48.0 Å². The van der Waals surface area contributed by atoms with E-state index in [4.69, 9.17) is 0 Å². The zero-order valence-electron chi connectivity index (χ0n) is 11.9. The van der Waals surface area contributed by atoms with Crippen molar-refractivity contribution in [3.05, 3.63) is 78.4 Å². The summed E-state index contributed by atoms with van der Waals surface area (Å²) in [5.41, 5.74) is 2.23. The molecule has 1 heterocycles. The van der Waals surface area contributed by atoms with Gasteiger partial charge in [-0.2, -0.15) is 4.39 Å². The predicted octanol–water partition coefficient (Wildman–Crippen LogP) is 3.84. The van der Waals surface area contributed by atoms with Gasteiger partial charge in [0, 0.05) is 17.8 Å². The Bertz CT molecular complexity index is 898. The second-order valence-corrected chi connectivity index (χ2v) is 6.85. The van der Waals surface area contributed by atoms with E-state index < -0.39 is 16.0 Å². The number of nitrogens with zero attached hydrogens (tertiary/aromatic N) is 1. The van der Waals surface area contributed by atoms with Gasteiger partial charge in [0.05, 0.1) is 4.90 Å². The van der Waals surface area contributed by atoms with Crippen LogP contribution in [-0.4, -0.2) is 12.4 Å². The van der Waals surface area contributed by atoms with Gasteiger partial charge in [0.25, 0.3) is 10.0 Å². The number of aryl methyl sites for hydroxylation is 1. The summed E-state index contributed by atoms with van der Waals surface area (Å²) in [5.74, 6) is -0.806. The Morgan fingerprint density at radius 1 is 0.909 bits per heavy atom. The second-order valence-electron chi connectivity index (χ2n) is 5.03. The van der Waals surface area contributed by atoms with Crippen LogP contribution >= 0.6 is 0 Å². The Morgan fingerprint density at radius 3 is 2.18 bits per heavy atom. The molecule has 1 aromatic heterocycles. The van der Waals surface area contributed by atoms with E-state index in [1.807, 2.05) is 25.1 Å². The Labute approximate surface area is 128 Å². The molecule has 3 nitrogen and oxygen atoms in total. The van der Waals surface area contributed by atoms with E-state index in [-0.39, 0.29) is 4.90 Å². The Balaban J connectivity index is 2.09. The summed E-state index contributed by atoms with van der Waals surface area (Å²) in [6.45, 7) is 1.86. The lowest BCUT2D eigenvalue weighted by molar-refractivity contribution is 0.541. The first kappa shape index (κ1) is 14.5. The van der Waals surface area contributed by atoms with Gasteiger partial charge in [-0.3, -0.25) is 0 Å². The molecule has 0 N–H and O–H groups in total. The fourth-order valence-electron chi connectivity index (χ4n) is 2.21. The third kappa shape index (κ3) is 2.55. The molecule has 0 aliphatic carbocycles. The minimum atomic E-state index is -3.93. The van der Waals surface area contributed by atoms with Gasteiger partial charge in [-0.05, 0) is 24.6 Å². The van der Waals surface area contributed by atoms with E-state index in [1.54, 1.807) is 24.3 Å². The summed E-state index contributed by atoms with van der Waals surface area (Å²) in [5, 5.41) is 0. The van der Waals surface area contributed by atoms with E-state index in [1.165, 1.54) is 24.4 Å². The molecule has 0 saturated carbocycles. The minimum absolute atomic E-state index is 0.0622. The summed E-state index contributed by atoms with van der Waals surface area (Å²) in [7, 11) is -3.93. The molecule has 112 valence electrons. The number of hydrogen-bond donors (Lipinski definition) is 0. The molecule has 0 saturated heterocycles. The lowest BCUT2D eigenvalue weighted by atomic mass is 10.1. The van der Waals surface area contributed by atoms with Crippen LogP contribution in [0.15, 0.2) is 71.8 Å². The number of benzene rings is 2. The Kier molecular flexibility index (Phi) is 3.58. The third-order valence-electron chi connectivity index (χ3n) is 3.43. The standard InChI is InChI=1S/C17H14FNO2S/c1-13-7-9-16(10-8-13)22(20,21)19-12-15(11-17(19)18)14-5-3-2-4-6-14/h2-12H,1H3. The molecule has 3 aromatic rings. The van der Waals surface area contributed by atoms with Crippen molar-refractivity contribution >= 4 is 10.0 Å². The molecule has 0 radical (unpaired) electrons.